The van der Waals surface area contributed by atoms with Gasteiger partial charge in [0, 0.05) is 31.1 Å². The van der Waals surface area contributed by atoms with Crippen molar-refractivity contribution in [3.8, 4) is 0 Å². The molecule has 6 nitrogen and oxygen atoms in total. The van der Waals surface area contributed by atoms with Gasteiger partial charge in [-0.3, -0.25) is 14.6 Å². The van der Waals surface area contributed by atoms with Crippen molar-refractivity contribution in [2.75, 3.05) is 13.2 Å². The van der Waals surface area contributed by atoms with E-state index < -0.39 is 17.7 Å². The SMILES string of the molecule is Cc1ccc(C(C)(C)C)cc1/C(O)=C1\C(=O)C(=O)N(CC2CCCO2)C1c1cccnc1. The van der Waals surface area contributed by atoms with Crippen LogP contribution in [0.15, 0.2) is 48.3 Å². The van der Waals surface area contributed by atoms with Gasteiger partial charge in [0.25, 0.3) is 11.7 Å². The fraction of sp³-hybridized carbons (Fsp3) is 0.423. The first-order valence-electron chi connectivity index (χ1n) is 11.1. The minimum Gasteiger partial charge on any atom is -0.507 e. The van der Waals surface area contributed by atoms with Crippen LogP contribution in [0.1, 0.15) is 61.9 Å². The van der Waals surface area contributed by atoms with Crippen LogP contribution in [-0.2, 0) is 19.7 Å². The van der Waals surface area contributed by atoms with Gasteiger partial charge < -0.3 is 14.7 Å². The highest BCUT2D eigenvalue weighted by atomic mass is 16.5. The largest absolute Gasteiger partial charge is 0.507 e. The zero-order valence-electron chi connectivity index (χ0n) is 19.1. The van der Waals surface area contributed by atoms with Crippen LogP contribution in [0.25, 0.3) is 5.76 Å². The molecule has 1 amide bonds. The van der Waals surface area contributed by atoms with Crippen LogP contribution in [0.4, 0.5) is 0 Å². The van der Waals surface area contributed by atoms with E-state index >= 15 is 0 Å². The lowest BCUT2D eigenvalue weighted by Crippen LogP contribution is -2.36. The number of hydrogen-bond acceptors (Lipinski definition) is 5. The number of nitrogens with zero attached hydrogens (tertiary/aromatic N) is 2. The molecule has 2 saturated heterocycles. The van der Waals surface area contributed by atoms with Gasteiger partial charge in [-0.15, -0.1) is 0 Å². The monoisotopic (exact) mass is 434 g/mol. The van der Waals surface area contributed by atoms with Gasteiger partial charge in [-0.25, -0.2) is 0 Å². The molecule has 0 saturated carbocycles. The zero-order chi connectivity index (χ0) is 23.0. The molecule has 2 unspecified atom stereocenters. The fourth-order valence-electron chi connectivity index (χ4n) is 4.45. The van der Waals surface area contributed by atoms with Crippen LogP contribution in [0, 0.1) is 6.92 Å². The number of pyridine rings is 1. The lowest BCUT2D eigenvalue weighted by molar-refractivity contribution is -0.140. The number of Topliss-reactive ketones (excluding diaryl/α,β-unsaturated/α-hetero) is 1. The molecule has 0 spiro atoms. The van der Waals surface area contributed by atoms with E-state index in [1.165, 1.54) is 4.90 Å². The van der Waals surface area contributed by atoms with Crippen LogP contribution >= 0.6 is 0 Å². The van der Waals surface area contributed by atoms with Gasteiger partial charge in [0.05, 0.1) is 17.7 Å². The summed E-state index contributed by atoms with van der Waals surface area (Å²) in [6.07, 6.45) is 4.95. The Kier molecular flexibility index (Phi) is 5.91. The van der Waals surface area contributed by atoms with Crippen molar-refractivity contribution in [1.82, 2.24) is 9.88 Å². The maximum Gasteiger partial charge on any atom is 0.295 e. The Balaban J connectivity index is 1.86. The Bertz CT molecular complexity index is 1060. The minimum absolute atomic E-state index is 0.107. The van der Waals surface area contributed by atoms with Crippen molar-refractivity contribution < 1.29 is 19.4 Å². The van der Waals surface area contributed by atoms with Crippen molar-refractivity contribution in [1.29, 1.82) is 0 Å². The normalized spacial score (nSPS) is 23.2. The molecule has 2 aromatic rings. The molecule has 0 aliphatic carbocycles. The second-order valence-corrected chi connectivity index (χ2v) is 9.65. The van der Waals surface area contributed by atoms with Crippen molar-refractivity contribution in [2.24, 2.45) is 0 Å². The van der Waals surface area contributed by atoms with Crippen molar-refractivity contribution >= 4 is 17.4 Å². The summed E-state index contributed by atoms with van der Waals surface area (Å²) in [7, 11) is 0. The molecule has 4 rings (SSSR count). The molecule has 2 fully saturated rings. The second kappa shape index (κ2) is 8.51. The second-order valence-electron chi connectivity index (χ2n) is 9.65. The molecule has 0 radical (unpaired) electrons. The summed E-state index contributed by atoms with van der Waals surface area (Å²) in [5, 5.41) is 11.4. The summed E-state index contributed by atoms with van der Waals surface area (Å²) >= 11 is 0. The summed E-state index contributed by atoms with van der Waals surface area (Å²) in [6.45, 7) is 9.14. The first kappa shape index (κ1) is 22.2. The number of aryl methyl sites for hydroxylation is 1. The number of aliphatic hydroxyl groups excluding tert-OH is 1. The van der Waals surface area contributed by atoms with Crippen LogP contribution in [0.2, 0.25) is 0 Å². The molecule has 32 heavy (non-hydrogen) atoms. The Morgan fingerprint density at radius 2 is 2.03 bits per heavy atom. The maximum absolute atomic E-state index is 13.2. The topological polar surface area (TPSA) is 79.7 Å². The smallest absolute Gasteiger partial charge is 0.295 e. The van der Waals surface area contributed by atoms with E-state index in [0.29, 0.717) is 24.3 Å². The Labute approximate surface area is 188 Å². The molecular formula is C26H30N2O4. The van der Waals surface area contributed by atoms with E-state index in [-0.39, 0.29) is 22.9 Å². The number of aromatic nitrogens is 1. The molecule has 6 heteroatoms. The summed E-state index contributed by atoms with van der Waals surface area (Å²) in [4.78, 5) is 32.0. The number of carbonyl (C=O) groups is 2. The average Bonchev–Trinajstić information content (AvgIpc) is 3.36. The van der Waals surface area contributed by atoms with Gasteiger partial charge in [-0.1, -0.05) is 39.0 Å². The minimum atomic E-state index is -0.703. The van der Waals surface area contributed by atoms with E-state index in [9.17, 15) is 14.7 Å². The van der Waals surface area contributed by atoms with E-state index in [0.717, 1.165) is 24.0 Å². The van der Waals surface area contributed by atoms with Gasteiger partial charge in [0.15, 0.2) is 0 Å². The number of hydrogen-bond donors (Lipinski definition) is 1. The highest BCUT2D eigenvalue weighted by Crippen LogP contribution is 2.40. The highest BCUT2D eigenvalue weighted by molar-refractivity contribution is 6.46. The Morgan fingerprint density at radius 3 is 2.66 bits per heavy atom. The number of benzene rings is 1. The fourth-order valence-corrected chi connectivity index (χ4v) is 4.45. The summed E-state index contributed by atoms with van der Waals surface area (Å²) in [5.41, 5.74) is 3.12. The number of carbonyl (C=O) groups excluding carboxylic acids is 2. The van der Waals surface area contributed by atoms with Crippen molar-refractivity contribution in [3.05, 3.63) is 70.6 Å². The number of amides is 1. The molecule has 1 aromatic heterocycles. The number of rotatable bonds is 4. The molecule has 168 valence electrons. The summed E-state index contributed by atoms with van der Waals surface area (Å²) in [5.74, 6) is -1.42. The molecule has 2 atom stereocenters. The first-order valence-corrected chi connectivity index (χ1v) is 11.1. The number of ketones is 1. The maximum atomic E-state index is 13.2. The van der Waals surface area contributed by atoms with Gasteiger partial charge in [-0.2, -0.15) is 0 Å². The molecule has 0 bridgehead atoms. The molecule has 3 heterocycles. The lowest BCUT2D eigenvalue weighted by atomic mass is 9.84. The van der Waals surface area contributed by atoms with Crippen LogP contribution in [0.5, 0.6) is 0 Å². The predicted octanol–water partition coefficient (Wildman–Crippen LogP) is 4.29. The summed E-state index contributed by atoms with van der Waals surface area (Å²) in [6, 6.07) is 8.78. The van der Waals surface area contributed by atoms with E-state index in [1.54, 1.807) is 18.5 Å². The standard InChI is InChI=1S/C26H30N2O4/c1-16-9-10-18(26(2,3)4)13-20(16)23(29)21-22(17-7-5-11-27-14-17)28(25(31)24(21)30)15-19-8-6-12-32-19/h5,7,9-11,13-14,19,22,29H,6,8,12,15H2,1-4H3/b23-21+. The molecule has 1 N–H and O–H groups in total. The quantitative estimate of drug-likeness (QED) is 0.441. The van der Waals surface area contributed by atoms with Gasteiger partial charge in [0.2, 0.25) is 0 Å². The first-order chi connectivity index (χ1) is 15.2. The molecular weight excluding hydrogens is 404 g/mol. The number of aliphatic hydroxyl groups is 1. The highest BCUT2D eigenvalue weighted by Gasteiger charge is 2.47. The van der Waals surface area contributed by atoms with E-state index in [2.05, 4.69) is 25.8 Å². The van der Waals surface area contributed by atoms with E-state index in [4.69, 9.17) is 4.74 Å². The zero-order valence-corrected chi connectivity index (χ0v) is 19.1. The molecule has 2 aliphatic rings. The van der Waals surface area contributed by atoms with E-state index in [1.807, 2.05) is 31.2 Å². The predicted molar refractivity (Wildman–Crippen MR) is 122 cm³/mol. The third-order valence-corrected chi connectivity index (χ3v) is 6.32. The number of ether oxygens (including phenoxy) is 1. The van der Waals surface area contributed by atoms with Crippen LogP contribution < -0.4 is 0 Å². The molecule has 2 aliphatic heterocycles. The molecule has 1 aromatic carbocycles. The Hall–Kier alpha value is -2.99. The third-order valence-electron chi connectivity index (χ3n) is 6.32. The summed E-state index contributed by atoms with van der Waals surface area (Å²) < 4.78 is 5.74. The van der Waals surface area contributed by atoms with Crippen LogP contribution in [-0.4, -0.2) is 45.9 Å². The lowest BCUT2D eigenvalue weighted by Gasteiger charge is -2.27. The number of likely N-dealkylation sites (tertiary alicyclic amines) is 1. The third kappa shape index (κ3) is 4.07. The van der Waals surface area contributed by atoms with Crippen molar-refractivity contribution in [3.63, 3.8) is 0 Å². The Morgan fingerprint density at radius 1 is 1.25 bits per heavy atom. The van der Waals surface area contributed by atoms with Crippen molar-refractivity contribution in [2.45, 2.75) is 58.1 Å². The van der Waals surface area contributed by atoms with Gasteiger partial charge >= 0.3 is 0 Å². The average molecular weight is 435 g/mol. The van der Waals surface area contributed by atoms with Gasteiger partial charge in [-0.05, 0) is 54.0 Å². The van der Waals surface area contributed by atoms with Crippen LogP contribution in [0.3, 0.4) is 0 Å². The van der Waals surface area contributed by atoms with Gasteiger partial charge in [0.1, 0.15) is 5.76 Å².